The van der Waals surface area contributed by atoms with Crippen LogP contribution >= 0.6 is 0 Å². The number of benzene rings is 1. The van der Waals surface area contributed by atoms with Gasteiger partial charge in [0.05, 0.1) is 0 Å². The lowest BCUT2D eigenvalue weighted by molar-refractivity contribution is 0.0991. The number of carbonyl (C=O) groups is 1. The van der Waals surface area contributed by atoms with Crippen molar-refractivity contribution in [3.63, 3.8) is 0 Å². The lowest BCUT2D eigenvalue weighted by Gasteiger charge is -2.03. The molecule has 0 N–H and O–H groups in total. The van der Waals surface area contributed by atoms with Crippen molar-refractivity contribution in [3.8, 4) is 0 Å². The Balaban J connectivity index is 2.18. The smallest absolute Gasteiger partial charge is 0.168 e. The van der Waals surface area contributed by atoms with E-state index in [1.54, 1.807) is 12.1 Å². The number of nitrogens with zero attached hydrogens (tertiary/aromatic N) is 1. The number of ketones is 1. The summed E-state index contributed by atoms with van der Waals surface area (Å²) < 4.78 is 26.1. The Morgan fingerprint density at radius 3 is 2.61 bits per heavy atom. The summed E-state index contributed by atoms with van der Waals surface area (Å²) in [5.41, 5.74) is 1.41. The molecule has 2 aromatic rings. The van der Waals surface area contributed by atoms with Crippen LogP contribution in [0.3, 0.4) is 0 Å². The lowest BCUT2D eigenvalue weighted by atomic mass is 10.0. The van der Waals surface area contributed by atoms with E-state index in [1.165, 1.54) is 12.3 Å². The Hall–Kier alpha value is -2.10. The number of Topliss-reactive ketones (excluding diaryl/α,β-unsaturated/α-hetero) is 1. The minimum Gasteiger partial charge on any atom is -0.294 e. The van der Waals surface area contributed by atoms with Crippen LogP contribution in [0.25, 0.3) is 0 Å². The third-order valence-corrected chi connectivity index (χ3v) is 2.60. The molecule has 0 saturated carbocycles. The molecule has 0 bridgehead atoms. The molecule has 18 heavy (non-hydrogen) atoms. The molecule has 0 spiro atoms. The largest absolute Gasteiger partial charge is 0.294 e. The van der Waals surface area contributed by atoms with Gasteiger partial charge < -0.3 is 0 Å². The fraction of sp³-hybridized carbons (Fsp3) is 0.143. The minimum absolute atomic E-state index is 0.100. The number of halogens is 2. The highest BCUT2D eigenvalue weighted by Crippen LogP contribution is 2.13. The molecule has 1 aromatic carbocycles. The molecule has 0 fully saturated rings. The van der Waals surface area contributed by atoms with Gasteiger partial charge in [-0.15, -0.1) is 0 Å². The molecule has 92 valence electrons. The monoisotopic (exact) mass is 247 g/mol. The Kier molecular flexibility index (Phi) is 3.46. The van der Waals surface area contributed by atoms with Crippen LogP contribution in [-0.4, -0.2) is 10.8 Å². The maximum absolute atomic E-state index is 13.4. The summed E-state index contributed by atoms with van der Waals surface area (Å²) in [5, 5.41) is 0. The molecule has 0 aliphatic carbocycles. The summed E-state index contributed by atoms with van der Waals surface area (Å²) in [4.78, 5) is 15.9. The normalized spacial score (nSPS) is 10.4. The van der Waals surface area contributed by atoms with E-state index in [4.69, 9.17) is 0 Å². The predicted octanol–water partition coefficient (Wildman–Crippen LogP) is 3.09. The second-order valence-corrected chi connectivity index (χ2v) is 4.02. The summed E-state index contributed by atoms with van der Waals surface area (Å²) in [6.45, 7) is 1.81. The van der Waals surface area contributed by atoms with Gasteiger partial charge in [-0.1, -0.05) is 6.07 Å². The Bertz CT molecular complexity index is 579. The molecule has 2 nitrogen and oxygen atoms in total. The fourth-order valence-corrected chi connectivity index (χ4v) is 1.57. The summed E-state index contributed by atoms with van der Waals surface area (Å²) in [7, 11) is 0. The van der Waals surface area contributed by atoms with Gasteiger partial charge in [0.15, 0.2) is 5.78 Å². The van der Waals surface area contributed by atoms with E-state index in [-0.39, 0.29) is 17.8 Å². The second kappa shape index (κ2) is 5.04. The van der Waals surface area contributed by atoms with Crippen molar-refractivity contribution in [2.24, 2.45) is 0 Å². The van der Waals surface area contributed by atoms with Gasteiger partial charge in [-0.25, -0.2) is 8.78 Å². The van der Waals surface area contributed by atoms with Crippen molar-refractivity contribution < 1.29 is 13.6 Å². The van der Waals surface area contributed by atoms with Gasteiger partial charge in [-0.3, -0.25) is 9.78 Å². The summed E-state index contributed by atoms with van der Waals surface area (Å²) in [6, 6.07) is 6.56. The molecule has 0 unspecified atom stereocenters. The highest BCUT2D eigenvalue weighted by Gasteiger charge is 2.11. The maximum Gasteiger partial charge on any atom is 0.168 e. The van der Waals surface area contributed by atoms with Crippen molar-refractivity contribution in [1.29, 1.82) is 0 Å². The van der Waals surface area contributed by atoms with Crippen molar-refractivity contribution in [3.05, 3.63) is 65.0 Å². The van der Waals surface area contributed by atoms with Gasteiger partial charge in [-0.05, 0) is 30.7 Å². The standard InChI is InChI=1S/C14H11F2NO/c1-9-2-3-11(8-17-9)14(18)6-10-4-5-12(15)7-13(10)16/h2-5,7-8H,6H2,1H3. The Morgan fingerprint density at radius 2 is 2.00 bits per heavy atom. The van der Waals surface area contributed by atoms with Gasteiger partial charge in [0.2, 0.25) is 0 Å². The number of aromatic nitrogens is 1. The van der Waals surface area contributed by atoms with Gasteiger partial charge in [0.25, 0.3) is 0 Å². The lowest BCUT2D eigenvalue weighted by Crippen LogP contribution is -2.06. The Labute approximate surface area is 103 Å². The molecule has 1 heterocycles. The Morgan fingerprint density at radius 1 is 1.22 bits per heavy atom. The van der Waals surface area contributed by atoms with Crippen LogP contribution in [0.2, 0.25) is 0 Å². The SMILES string of the molecule is Cc1ccc(C(=O)Cc2ccc(F)cc2F)cn1. The van der Waals surface area contributed by atoms with Crippen LogP contribution in [0.5, 0.6) is 0 Å². The van der Waals surface area contributed by atoms with E-state index in [0.717, 1.165) is 17.8 Å². The van der Waals surface area contributed by atoms with Gasteiger partial charge >= 0.3 is 0 Å². The highest BCUT2D eigenvalue weighted by molar-refractivity contribution is 5.97. The molecule has 0 amide bonds. The summed E-state index contributed by atoms with van der Waals surface area (Å²) in [6.07, 6.45) is 1.36. The van der Waals surface area contributed by atoms with Crippen molar-refractivity contribution >= 4 is 5.78 Å². The first-order valence-electron chi connectivity index (χ1n) is 5.46. The third kappa shape index (κ3) is 2.77. The zero-order chi connectivity index (χ0) is 13.1. The molecule has 2 rings (SSSR count). The fourth-order valence-electron chi connectivity index (χ4n) is 1.57. The van der Waals surface area contributed by atoms with E-state index < -0.39 is 11.6 Å². The van der Waals surface area contributed by atoms with E-state index >= 15 is 0 Å². The molecular formula is C14H11F2NO. The van der Waals surface area contributed by atoms with Crippen molar-refractivity contribution in [2.45, 2.75) is 13.3 Å². The number of carbonyl (C=O) groups excluding carboxylic acids is 1. The van der Waals surface area contributed by atoms with Crippen LogP contribution in [0.4, 0.5) is 8.78 Å². The molecule has 0 radical (unpaired) electrons. The molecule has 0 saturated heterocycles. The average Bonchev–Trinajstić information content (AvgIpc) is 2.33. The molecule has 1 aromatic heterocycles. The van der Waals surface area contributed by atoms with Crippen LogP contribution in [0.15, 0.2) is 36.5 Å². The molecular weight excluding hydrogens is 236 g/mol. The highest BCUT2D eigenvalue weighted by atomic mass is 19.1. The van der Waals surface area contributed by atoms with E-state index in [0.29, 0.717) is 5.56 Å². The zero-order valence-corrected chi connectivity index (χ0v) is 9.78. The summed E-state index contributed by atoms with van der Waals surface area (Å²) in [5.74, 6) is -1.60. The van der Waals surface area contributed by atoms with E-state index in [2.05, 4.69) is 4.98 Å². The van der Waals surface area contributed by atoms with Crippen molar-refractivity contribution in [2.75, 3.05) is 0 Å². The molecule has 0 aliphatic rings. The minimum atomic E-state index is -0.705. The van der Waals surface area contributed by atoms with Crippen LogP contribution in [-0.2, 0) is 6.42 Å². The first-order chi connectivity index (χ1) is 8.56. The van der Waals surface area contributed by atoms with Crippen LogP contribution in [0.1, 0.15) is 21.6 Å². The van der Waals surface area contributed by atoms with Crippen molar-refractivity contribution in [1.82, 2.24) is 4.98 Å². The van der Waals surface area contributed by atoms with E-state index in [1.807, 2.05) is 6.92 Å². The maximum atomic E-state index is 13.4. The van der Waals surface area contributed by atoms with E-state index in [9.17, 15) is 13.6 Å². The first kappa shape index (κ1) is 12.4. The number of aryl methyl sites for hydroxylation is 1. The molecule has 0 atom stereocenters. The van der Waals surface area contributed by atoms with Crippen LogP contribution < -0.4 is 0 Å². The second-order valence-electron chi connectivity index (χ2n) is 4.02. The first-order valence-corrected chi connectivity index (χ1v) is 5.46. The third-order valence-electron chi connectivity index (χ3n) is 2.60. The quantitative estimate of drug-likeness (QED) is 0.780. The number of rotatable bonds is 3. The number of pyridine rings is 1. The van der Waals surface area contributed by atoms with Gasteiger partial charge in [0, 0.05) is 29.9 Å². The van der Waals surface area contributed by atoms with Crippen LogP contribution in [0, 0.1) is 18.6 Å². The predicted molar refractivity (Wildman–Crippen MR) is 63.4 cm³/mol. The number of hydrogen-bond acceptors (Lipinski definition) is 2. The topological polar surface area (TPSA) is 30.0 Å². The molecule has 4 heteroatoms. The molecule has 0 aliphatic heterocycles. The summed E-state index contributed by atoms with van der Waals surface area (Å²) >= 11 is 0. The zero-order valence-electron chi connectivity index (χ0n) is 9.78. The average molecular weight is 247 g/mol. The van der Waals surface area contributed by atoms with Gasteiger partial charge in [0.1, 0.15) is 11.6 Å². The number of hydrogen-bond donors (Lipinski definition) is 0. The van der Waals surface area contributed by atoms with Gasteiger partial charge in [-0.2, -0.15) is 0 Å².